The number of hydrogen-bond acceptors (Lipinski definition) is 4. The first-order valence-electron chi connectivity index (χ1n) is 6.59. The molecular formula is C12H21N3O3. The molecule has 2 fully saturated rings. The van der Waals surface area contributed by atoms with E-state index >= 15 is 0 Å². The second-order valence-electron chi connectivity index (χ2n) is 4.99. The number of carbonyl (C=O) groups excluding carboxylic acids is 2. The maximum atomic E-state index is 12.0. The van der Waals surface area contributed by atoms with Crippen LogP contribution in [0.3, 0.4) is 0 Å². The van der Waals surface area contributed by atoms with Crippen LogP contribution in [0.2, 0.25) is 0 Å². The average Bonchev–Trinajstić information content (AvgIpc) is 3.06. The zero-order valence-electron chi connectivity index (χ0n) is 10.7. The Balaban J connectivity index is 1.81. The van der Waals surface area contributed by atoms with Crippen LogP contribution in [0.25, 0.3) is 0 Å². The fourth-order valence-electron chi connectivity index (χ4n) is 2.37. The van der Waals surface area contributed by atoms with Crippen LogP contribution in [-0.4, -0.2) is 48.7 Å². The molecule has 3 N–H and O–H groups in total. The summed E-state index contributed by atoms with van der Waals surface area (Å²) in [5, 5.41) is 2.79. The van der Waals surface area contributed by atoms with Gasteiger partial charge in [-0.2, -0.15) is 0 Å². The zero-order chi connectivity index (χ0) is 13.1. The number of rotatable bonds is 3. The molecule has 18 heavy (non-hydrogen) atoms. The van der Waals surface area contributed by atoms with Gasteiger partial charge in [-0.05, 0) is 26.2 Å². The van der Waals surface area contributed by atoms with Crippen molar-refractivity contribution in [3.05, 3.63) is 0 Å². The van der Waals surface area contributed by atoms with Crippen LogP contribution in [0.15, 0.2) is 0 Å². The fourth-order valence-corrected chi connectivity index (χ4v) is 2.37. The number of nitrogens with one attached hydrogen (secondary N) is 1. The molecule has 2 aliphatic rings. The normalized spacial score (nSPS) is 30.8. The molecule has 1 aliphatic heterocycles. The summed E-state index contributed by atoms with van der Waals surface area (Å²) < 4.78 is 4.84. The molecule has 6 heteroatoms. The van der Waals surface area contributed by atoms with Gasteiger partial charge in [0.25, 0.3) is 0 Å². The van der Waals surface area contributed by atoms with E-state index in [-0.39, 0.29) is 23.9 Å². The van der Waals surface area contributed by atoms with Crippen molar-refractivity contribution in [1.29, 1.82) is 0 Å². The van der Waals surface area contributed by atoms with Gasteiger partial charge in [0.05, 0.1) is 12.5 Å². The molecule has 1 saturated heterocycles. The maximum Gasteiger partial charge on any atom is 0.407 e. The predicted octanol–water partition coefficient (Wildman–Crippen LogP) is 0.0707. The van der Waals surface area contributed by atoms with Crippen LogP contribution in [-0.2, 0) is 9.53 Å². The Hall–Kier alpha value is -1.30. The zero-order valence-corrected chi connectivity index (χ0v) is 10.7. The minimum absolute atomic E-state index is 0.00303. The van der Waals surface area contributed by atoms with Crippen molar-refractivity contribution in [3.8, 4) is 0 Å². The molecule has 6 nitrogen and oxygen atoms in total. The van der Waals surface area contributed by atoms with Crippen molar-refractivity contribution in [2.45, 2.75) is 38.3 Å². The number of carbonyl (C=O) groups is 2. The van der Waals surface area contributed by atoms with E-state index in [4.69, 9.17) is 10.5 Å². The van der Waals surface area contributed by atoms with E-state index in [2.05, 4.69) is 5.32 Å². The molecule has 2 rings (SSSR count). The highest BCUT2D eigenvalue weighted by Crippen LogP contribution is 2.30. The van der Waals surface area contributed by atoms with E-state index in [1.807, 2.05) is 4.90 Å². The number of ether oxygens (including phenoxy) is 1. The third kappa shape index (κ3) is 3.13. The highest BCUT2D eigenvalue weighted by atomic mass is 16.5. The van der Waals surface area contributed by atoms with Gasteiger partial charge in [0, 0.05) is 25.2 Å². The quantitative estimate of drug-likeness (QED) is 0.747. The predicted molar refractivity (Wildman–Crippen MR) is 65.8 cm³/mol. The summed E-state index contributed by atoms with van der Waals surface area (Å²) in [4.78, 5) is 25.2. The first kappa shape index (κ1) is 13.1. The van der Waals surface area contributed by atoms with Crippen molar-refractivity contribution in [2.75, 3.05) is 19.7 Å². The van der Waals surface area contributed by atoms with Gasteiger partial charge in [-0.1, -0.05) is 0 Å². The molecule has 0 spiro atoms. The van der Waals surface area contributed by atoms with E-state index in [0.717, 1.165) is 25.8 Å². The summed E-state index contributed by atoms with van der Waals surface area (Å²) in [6.07, 6.45) is 2.19. The van der Waals surface area contributed by atoms with Crippen LogP contribution in [0, 0.1) is 5.92 Å². The summed E-state index contributed by atoms with van der Waals surface area (Å²) >= 11 is 0. The van der Waals surface area contributed by atoms with Crippen molar-refractivity contribution in [3.63, 3.8) is 0 Å². The molecule has 0 bridgehead atoms. The Morgan fingerprint density at radius 1 is 1.50 bits per heavy atom. The molecule has 1 heterocycles. The van der Waals surface area contributed by atoms with E-state index in [0.29, 0.717) is 13.2 Å². The SMILES string of the molecule is CCOC(=O)NC1CCCN(C(=O)C2CC2N)C1. The molecule has 3 unspecified atom stereocenters. The van der Waals surface area contributed by atoms with Crippen molar-refractivity contribution in [1.82, 2.24) is 10.2 Å². The molecule has 3 atom stereocenters. The standard InChI is InChI=1S/C12H21N3O3/c1-2-18-12(17)14-8-4-3-5-15(7-8)11(16)9-6-10(9)13/h8-10H,2-7,13H2,1H3,(H,14,17). The molecule has 1 saturated carbocycles. The Morgan fingerprint density at radius 3 is 2.83 bits per heavy atom. The molecular weight excluding hydrogens is 234 g/mol. The smallest absolute Gasteiger partial charge is 0.407 e. The Labute approximate surface area is 107 Å². The summed E-state index contributed by atoms with van der Waals surface area (Å²) in [5.41, 5.74) is 5.69. The molecule has 0 radical (unpaired) electrons. The molecule has 0 aromatic carbocycles. The van der Waals surface area contributed by atoms with Crippen molar-refractivity contribution >= 4 is 12.0 Å². The maximum absolute atomic E-state index is 12.0. The van der Waals surface area contributed by atoms with Crippen LogP contribution in [0.5, 0.6) is 0 Å². The van der Waals surface area contributed by atoms with Crippen molar-refractivity contribution < 1.29 is 14.3 Å². The van der Waals surface area contributed by atoms with Crippen LogP contribution in [0.1, 0.15) is 26.2 Å². The molecule has 0 aromatic rings. The second kappa shape index (κ2) is 5.56. The lowest BCUT2D eigenvalue weighted by molar-refractivity contribution is -0.134. The van der Waals surface area contributed by atoms with E-state index in [1.165, 1.54) is 0 Å². The molecule has 1 aliphatic carbocycles. The van der Waals surface area contributed by atoms with Gasteiger partial charge in [-0.15, -0.1) is 0 Å². The van der Waals surface area contributed by atoms with Gasteiger partial charge in [0.15, 0.2) is 0 Å². The topological polar surface area (TPSA) is 84.7 Å². The lowest BCUT2D eigenvalue weighted by Crippen LogP contribution is -2.50. The van der Waals surface area contributed by atoms with Crippen LogP contribution in [0.4, 0.5) is 4.79 Å². The Bertz CT molecular complexity index is 335. The summed E-state index contributed by atoms with van der Waals surface area (Å²) in [6, 6.07) is 0.0348. The lowest BCUT2D eigenvalue weighted by Gasteiger charge is -2.33. The average molecular weight is 255 g/mol. The Kier molecular flexibility index (Phi) is 4.06. The molecule has 102 valence electrons. The number of nitrogens with two attached hydrogens (primary N) is 1. The van der Waals surface area contributed by atoms with Gasteiger partial charge < -0.3 is 20.7 Å². The number of nitrogens with zero attached hydrogens (tertiary/aromatic N) is 1. The highest BCUT2D eigenvalue weighted by molar-refractivity contribution is 5.82. The molecule has 0 aromatic heterocycles. The summed E-state index contributed by atoms with van der Waals surface area (Å²) in [5.74, 6) is 0.143. The van der Waals surface area contributed by atoms with Gasteiger partial charge in [-0.3, -0.25) is 4.79 Å². The monoisotopic (exact) mass is 255 g/mol. The van der Waals surface area contributed by atoms with E-state index in [9.17, 15) is 9.59 Å². The van der Waals surface area contributed by atoms with Gasteiger partial charge in [0.1, 0.15) is 0 Å². The minimum Gasteiger partial charge on any atom is -0.450 e. The van der Waals surface area contributed by atoms with Gasteiger partial charge >= 0.3 is 6.09 Å². The van der Waals surface area contributed by atoms with E-state index in [1.54, 1.807) is 6.92 Å². The number of piperidine rings is 1. The third-order valence-electron chi connectivity index (χ3n) is 3.49. The number of amides is 2. The van der Waals surface area contributed by atoms with Gasteiger partial charge in [0.2, 0.25) is 5.91 Å². The van der Waals surface area contributed by atoms with Crippen LogP contribution < -0.4 is 11.1 Å². The number of hydrogen-bond donors (Lipinski definition) is 2. The summed E-state index contributed by atoms with van der Waals surface area (Å²) in [7, 11) is 0. The largest absolute Gasteiger partial charge is 0.450 e. The second-order valence-corrected chi connectivity index (χ2v) is 4.99. The van der Waals surface area contributed by atoms with Crippen LogP contribution >= 0.6 is 0 Å². The van der Waals surface area contributed by atoms with E-state index < -0.39 is 6.09 Å². The molecule has 2 amide bonds. The lowest BCUT2D eigenvalue weighted by atomic mass is 10.1. The third-order valence-corrected chi connectivity index (χ3v) is 3.49. The first-order chi connectivity index (χ1) is 8.61. The Morgan fingerprint density at radius 2 is 2.22 bits per heavy atom. The number of likely N-dealkylation sites (tertiary alicyclic amines) is 1. The minimum atomic E-state index is -0.403. The first-order valence-corrected chi connectivity index (χ1v) is 6.59. The van der Waals surface area contributed by atoms with Gasteiger partial charge in [-0.25, -0.2) is 4.79 Å². The van der Waals surface area contributed by atoms with Crippen molar-refractivity contribution in [2.24, 2.45) is 11.7 Å². The number of alkyl carbamates (subject to hydrolysis) is 1. The highest BCUT2D eigenvalue weighted by Gasteiger charge is 2.43. The fraction of sp³-hybridized carbons (Fsp3) is 0.833. The summed E-state index contributed by atoms with van der Waals surface area (Å²) in [6.45, 7) is 3.47.